The van der Waals surface area contributed by atoms with Gasteiger partial charge in [-0.25, -0.2) is 0 Å². The minimum Gasteiger partial charge on any atom is -0.381 e. The third-order valence-corrected chi connectivity index (χ3v) is 2.01. The van der Waals surface area contributed by atoms with Crippen molar-refractivity contribution in [2.75, 3.05) is 19.8 Å². The average Bonchev–Trinajstić information content (AvgIpc) is 2.52. The molecule has 0 aromatic carbocycles. The van der Waals surface area contributed by atoms with Gasteiger partial charge in [-0.2, -0.15) is 0 Å². The second kappa shape index (κ2) is 4.46. The Kier molecular flexibility index (Phi) is 3.52. The molecule has 0 aromatic heterocycles. The van der Waals surface area contributed by atoms with Gasteiger partial charge in [-0.15, -0.1) is 0 Å². The van der Waals surface area contributed by atoms with Gasteiger partial charge in [0.25, 0.3) is 0 Å². The normalized spacial score (nSPS) is 23.9. The Balaban J connectivity index is 2.17. The van der Waals surface area contributed by atoms with Crippen LogP contribution in [0.4, 0.5) is 0 Å². The van der Waals surface area contributed by atoms with E-state index in [-0.39, 0.29) is 5.92 Å². The highest BCUT2D eigenvalue weighted by atomic mass is 16.5. The van der Waals surface area contributed by atoms with Gasteiger partial charge in [0.05, 0.1) is 6.61 Å². The number of carbonyl (C=O) groups excluding carboxylic acids is 1. The Morgan fingerprint density at radius 3 is 3.00 bits per heavy atom. The lowest BCUT2D eigenvalue weighted by molar-refractivity contribution is -0.122. The Bertz CT molecular complexity index is 130. The first-order valence-electron chi connectivity index (χ1n) is 4.15. The maximum atomic E-state index is 11.3. The third-order valence-electron chi connectivity index (χ3n) is 2.01. The molecule has 0 bridgehead atoms. The fourth-order valence-corrected chi connectivity index (χ4v) is 1.27. The predicted octanol–water partition coefficient (Wildman–Crippen LogP) is 0.331. The first-order chi connectivity index (χ1) is 5.34. The summed E-state index contributed by atoms with van der Waals surface area (Å²) in [7, 11) is 0. The van der Waals surface area contributed by atoms with Crippen molar-refractivity contribution >= 4 is 5.78 Å². The summed E-state index contributed by atoms with van der Waals surface area (Å²) in [5.74, 6) is 0.495. The van der Waals surface area contributed by atoms with Crippen LogP contribution in [0.5, 0.6) is 0 Å². The van der Waals surface area contributed by atoms with E-state index in [1.54, 1.807) is 0 Å². The van der Waals surface area contributed by atoms with Crippen molar-refractivity contribution in [3.63, 3.8) is 0 Å². The van der Waals surface area contributed by atoms with Crippen LogP contribution in [0, 0.1) is 5.92 Å². The van der Waals surface area contributed by atoms with Crippen molar-refractivity contribution in [3.05, 3.63) is 0 Å². The largest absolute Gasteiger partial charge is 0.381 e. The molecule has 1 fully saturated rings. The number of rotatable bonds is 4. The van der Waals surface area contributed by atoms with Crippen LogP contribution in [0.1, 0.15) is 19.3 Å². The second-order valence-corrected chi connectivity index (χ2v) is 2.92. The molecule has 1 atom stereocenters. The van der Waals surface area contributed by atoms with E-state index in [1.165, 1.54) is 0 Å². The van der Waals surface area contributed by atoms with E-state index in [0.29, 0.717) is 25.4 Å². The van der Waals surface area contributed by atoms with Crippen LogP contribution >= 0.6 is 0 Å². The van der Waals surface area contributed by atoms with Crippen molar-refractivity contribution < 1.29 is 9.53 Å². The standard InChI is InChI=1S/C8H15NO2/c9-4-1-2-8(10)7-3-5-11-6-7/h7H,1-6,9H2. The first-order valence-corrected chi connectivity index (χ1v) is 4.15. The van der Waals surface area contributed by atoms with Crippen molar-refractivity contribution in [1.29, 1.82) is 0 Å². The molecule has 0 aromatic rings. The van der Waals surface area contributed by atoms with E-state index in [1.807, 2.05) is 0 Å². The average molecular weight is 157 g/mol. The van der Waals surface area contributed by atoms with Gasteiger partial charge in [0.1, 0.15) is 5.78 Å². The molecule has 1 aliphatic heterocycles. The second-order valence-electron chi connectivity index (χ2n) is 2.92. The lowest BCUT2D eigenvalue weighted by Gasteiger charge is -2.04. The molecular formula is C8H15NO2. The topological polar surface area (TPSA) is 52.3 Å². The fourth-order valence-electron chi connectivity index (χ4n) is 1.27. The van der Waals surface area contributed by atoms with Gasteiger partial charge in [0, 0.05) is 18.9 Å². The predicted molar refractivity (Wildman–Crippen MR) is 42.2 cm³/mol. The zero-order valence-electron chi connectivity index (χ0n) is 6.71. The number of hydrogen-bond donors (Lipinski definition) is 1. The molecule has 2 N–H and O–H groups in total. The highest BCUT2D eigenvalue weighted by molar-refractivity contribution is 5.81. The summed E-state index contributed by atoms with van der Waals surface area (Å²) in [6.07, 6.45) is 2.35. The van der Waals surface area contributed by atoms with Gasteiger partial charge in [-0.3, -0.25) is 4.79 Å². The van der Waals surface area contributed by atoms with Crippen LogP contribution in [0.2, 0.25) is 0 Å². The van der Waals surface area contributed by atoms with E-state index < -0.39 is 0 Å². The fraction of sp³-hybridized carbons (Fsp3) is 0.875. The summed E-state index contributed by atoms with van der Waals surface area (Å²) in [6, 6.07) is 0. The smallest absolute Gasteiger partial charge is 0.138 e. The Hall–Kier alpha value is -0.410. The number of ketones is 1. The van der Waals surface area contributed by atoms with Crippen molar-refractivity contribution in [1.82, 2.24) is 0 Å². The molecular weight excluding hydrogens is 142 g/mol. The van der Waals surface area contributed by atoms with Crippen LogP contribution in [-0.4, -0.2) is 25.5 Å². The first kappa shape index (κ1) is 8.68. The SMILES string of the molecule is NCCCC(=O)C1CCOC1. The monoisotopic (exact) mass is 157 g/mol. The summed E-state index contributed by atoms with van der Waals surface area (Å²) >= 11 is 0. The van der Waals surface area contributed by atoms with Gasteiger partial charge in [-0.1, -0.05) is 0 Å². The molecule has 0 amide bonds. The molecule has 1 unspecified atom stereocenters. The summed E-state index contributed by atoms with van der Waals surface area (Å²) in [6.45, 7) is 1.99. The maximum absolute atomic E-state index is 11.3. The molecule has 3 nitrogen and oxygen atoms in total. The quantitative estimate of drug-likeness (QED) is 0.640. The molecule has 0 spiro atoms. The summed E-state index contributed by atoms with van der Waals surface area (Å²) < 4.78 is 5.11. The van der Waals surface area contributed by atoms with Crippen LogP contribution in [0.15, 0.2) is 0 Å². The number of ether oxygens (including phenoxy) is 1. The van der Waals surface area contributed by atoms with E-state index >= 15 is 0 Å². The summed E-state index contributed by atoms with van der Waals surface area (Å²) in [5, 5.41) is 0. The highest BCUT2D eigenvalue weighted by Crippen LogP contribution is 2.15. The molecule has 3 heteroatoms. The minimum atomic E-state index is 0.168. The minimum absolute atomic E-state index is 0.168. The van der Waals surface area contributed by atoms with Gasteiger partial charge in [0.2, 0.25) is 0 Å². The Labute approximate surface area is 66.9 Å². The summed E-state index contributed by atoms with van der Waals surface area (Å²) in [5.41, 5.74) is 5.29. The highest BCUT2D eigenvalue weighted by Gasteiger charge is 2.22. The Morgan fingerprint density at radius 1 is 1.64 bits per heavy atom. The van der Waals surface area contributed by atoms with E-state index in [2.05, 4.69) is 0 Å². The molecule has 11 heavy (non-hydrogen) atoms. The van der Waals surface area contributed by atoms with Crippen molar-refractivity contribution in [2.45, 2.75) is 19.3 Å². The maximum Gasteiger partial charge on any atom is 0.138 e. The Morgan fingerprint density at radius 2 is 2.45 bits per heavy atom. The van der Waals surface area contributed by atoms with Gasteiger partial charge < -0.3 is 10.5 Å². The zero-order chi connectivity index (χ0) is 8.10. The van der Waals surface area contributed by atoms with E-state index in [0.717, 1.165) is 19.4 Å². The molecule has 0 aliphatic carbocycles. The van der Waals surface area contributed by atoms with Crippen LogP contribution in [0.25, 0.3) is 0 Å². The number of Topliss-reactive ketones (excluding diaryl/α,β-unsaturated/α-hetero) is 1. The van der Waals surface area contributed by atoms with Gasteiger partial charge >= 0.3 is 0 Å². The van der Waals surface area contributed by atoms with Gasteiger partial charge in [0.15, 0.2) is 0 Å². The number of carbonyl (C=O) groups is 1. The molecule has 0 radical (unpaired) electrons. The molecule has 0 saturated carbocycles. The summed E-state index contributed by atoms with van der Waals surface area (Å²) in [4.78, 5) is 11.3. The van der Waals surface area contributed by atoms with Gasteiger partial charge in [-0.05, 0) is 19.4 Å². The lowest BCUT2D eigenvalue weighted by atomic mass is 10.00. The molecule has 64 valence electrons. The third kappa shape index (κ3) is 2.60. The van der Waals surface area contributed by atoms with Crippen molar-refractivity contribution in [2.24, 2.45) is 11.7 Å². The molecule has 1 saturated heterocycles. The van der Waals surface area contributed by atoms with Crippen LogP contribution in [-0.2, 0) is 9.53 Å². The lowest BCUT2D eigenvalue weighted by Crippen LogP contribution is -2.15. The van der Waals surface area contributed by atoms with E-state index in [9.17, 15) is 4.79 Å². The zero-order valence-corrected chi connectivity index (χ0v) is 6.71. The van der Waals surface area contributed by atoms with Crippen molar-refractivity contribution in [3.8, 4) is 0 Å². The molecule has 1 rings (SSSR count). The number of nitrogens with two attached hydrogens (primary N) is 1. The number of hydrogen-bond acceptors (Lipinski definition) is 3. The van der Waals surface area contributed by atoms with Crippen LogP contribution in [0.3, 0.4) is 0 Å². The van der Waals surface area contributed by atoms with E-state index in [4.69, 9.17) is 10.5 Å². The van der Waals surface area contributed by atoms with Crippen LogP contribution < -0.4 is 5.73 Å². The molecule has 1 heterocycles. The molecule has 1 aliphatic rings.